The molecule has 2 aromatic carbocycles. The second-order valence-corrected chi connectivity index (χ2v) is 7.89. The topological polar surface area (TPSA) is 81.9 Å². The molecule has 0 aliphatic carbocycles. The molecule has 2 heterocycles. The van der Waals surface area contributed by atoms with Crippen LogP contribution in [0.4, 0.5) is 10.1 Å². The summed E-state index contributed by atoms with van der Waals surface area (Å²) in [6.07, 6.45) is 3.35. The quantitative estimate of drug-likeness (QED) is 0.389. The van der Waals surface area contributed by atoms with Crippen LogP contribution in [0, 0.1) is 5.82 Å². The number of nitrogens with one attached hydrogen (secondary N) is 1. The van der Waals surface area contributed by atoms with Crippen LogP contribution in [0.15, 0.2) is 72.1 Å². The number of rotatable bonds is 7. The normalized spacial score (nSPS) is 10.7. The molecule has 1 amide bonds. The minimum Gasteiger partial charge on any atom is -0.497 e. The first kappa shape index (κ1) is 21.8. The number of halogens is 2. The zero-order valence-electron chi connectivity index (χ0n) is 16.8. The summed E-state index contributed by atoms with van der Waals surface area (Å²) < 4.78 is 20.4. The van der Waals surface area contributed by atoms with Crippen molar-refractivity contribution in [3.63, 3.8) is 0 Å². The Morgan fingerprint density at radius 3 is 2.56 bits per heavy atom. The molecule has 0 aliphatic rings. The van der Waals surface area contributed by atoms with E-state index in [9.17, 15) is 9.18 Å². The van der Waals surface area contributed by atoms with E-state index in [1.807, 2.05) is 41.0 Å². The Hall–Kier alpha value is -3.43. The minimum absolute atomic E-state index is 0.0586. The second-order valence-electron chi connectivity index (χ2n) is 6.54. The van der Waals surface area contributed by atoms with Crippen molar-refractivity contribution >= 4 is 35.0 Å². The highest BCUT2D eigenvalue weighted by atomic mass is 35.5. The van der Waals surface area contributed by atoms with Crippen LogP contribution in [0.25, 0.3) is 17.1 Å². The molecule has 32 heavy (non-hydrogen) atoms. The van der Waals surface area contributed by atoms with Crippen LogP contribution in [-0.4, -0.2) is 38.5 Å². The summed E-state index contributed by atoms with van der Waals surface area (Å²) in [4.78, 5) is 16.5. The lowest BCUT2D eigenvalue weighted by atomic mass is 10.2. The number of hydrogen-bond donors (Lipinski definition) is 1. The van der Waals surface area contributed by atoms with Crippen molar-refractivity contribution in [2.45, 2.75) is 5.16 Å². The molecule has 0 bridgehead atoms. The Morgan fingerprint density at radius 1 is 1.12 bits per heavy atom. The molecule has 0 fully saturated rings. The molecule has 0 unspecified atom stereocenters. The molecular weight excluding hydrogens is 453 g/mol. The zero-order chi connectivity index (χ0) is 22.5. The van der Waals surface area contributed by atoms with Gasteiger partial charge in [0.15, 0.2) is 11.0 Å². The third-order valence-electron chi connectivity index (χ3n) is 4.44. The van der Waals surface area contributed by atoms with Crippen LogP contribution in [0.1, 0.15) is 0 Å². The van der Waals surface area contributed by atoms with E-state index < -0.39 is 5.82 Å². The van der Waals surface area contributed by atoms with Crippen molar-refractivity contribution in [1.29, 1.82) is 0 Å². The first-order chi connectivity index (χ1) is 15.5. The smallest absolute Gasteiger partial charge is 0.234 e. The van der Waals surface area contributed by atoms with Crippen LogP contribution in [0.3, 0.4) is 0 Å². The van der Waals surface area contributed by atoms with Crippen LogP contribution < -0.4 is 10.1 Å². The van der Waals surface area contributed by atoms with E-state index in [1.54, 1.807) is 19.5 Å². The van der Waals surface area contributed by atoms with Crippen molar-refractivity contribution in [3.8, 4) is 22.8 Å². The molecule has 0 aliphatic heterocycles. The molecule has 0 saturated heterocycles. The van der Waals surface area contributed by atoms with E-state index >= 15 is 0 Å². The first-order valence-corrected chi connectivity index (χ1v) is 10.8. The maximum Gasteiger partial charge on any atom is 0.234 e. The Kier molecular flexibility index (Phi) is 6.67. The Labute approximate surface area is 192 Å². The highest BCUT2D eigenvalue weighted by molar-refractivity contribution is 7.99. The van der Waals surface area contributed by atoms with Crippen LogP contribution in [0.5, 0.6) is 5.75 Å². The third-order valence-corrected chi connectivity index (χ3v) is 5.66. The highest BCUT2D eigenvalue weighted by Gasteiger charge is 2.17. The van der Waals surface area contributed by atoms with Gasteiger partial charge in [-0.3, -0.25) is 14.3 Å². The van der Waals surface area contributed by atoms with E-state index in [1.165, 1.54) is 30.0 Å². The predicted molar refractivity (Wildman–Crippen MR) is 122 cm³/mol. The molecule has 2 aromatic heterocycles. The van der Waals surface area contributed by atoms with Gasteiger partial charge >= 0.3 is 0 Å². The van der Waals surface area contributed by atoms with Gasteiger partial charge in [0.05, 0.1) is 17.9 Å². The van der Waals surface area contributed by atoms with Gasteiger partial charge in [-0.25, -0.2) is 4.39 Å². The number of nitrogens with zero attached hydrogens (tertiary/aromatic N) is 4. The lowest BCUT2D eigenvalue weighted by Crippen LogP contribution is -2.14. The Morgan fingerprint density at radius 2 is 1.88 bits per heavy atom. The number of amides is 1. The van der Waals surface area contributed by atoms with E-state index in [2.05, 4.69) is 20.5 Å². The molecule has 162 valence electrons. The van der Waals surface area contributed by atoms with Gasteiger partial charge in [0.1, 0.15) is 11.6 Å². The molecule has 7 nitrogen and oxygen atoms in total. The van der Waals surface area contributed by atoms with Crippen molar-refractivity contribution in [2.75, 3.05) is 18.2 Å². The van der Waals surface area contributed by atoms with Crippen molar-refractivity contribution in [1.82, 2.24) is 19.7 Å². The average molecular weight is 470 g/mol. The lowest BCUT2D eigenvalue weighted by molar-refractivity contribution is -0.113. The predicted octanol–water partition coefficient (Wildman–Crippen LogP) is 4.86. The van der Waals surface area contributed by atoms with Gasteiger partial charge in [-0.1, -0.05) is 23.4 Å². The number of carbonyl (C=O) groups is 1. The lowest BCUT2D eigenvalue weighted by Gasteiger charge is -2.11. The van der Waals surface area contributed by atoms with Crippen LogP contribution in [0.2, 0.25) is 5.02 Å². The molecule has 4 aromatic rings. The molecule has 1 N–H and O–H groups in total. The van der Waals surface area contributed by atoms with Gasteiger partial charge in [0.2, 0.25) is 5.91 Å². The minimum atomic E-state index is -0.546. The standard InChI is InChI=1S/C22H17ClFN5O2S/c1-31-17-5-3-16(4-6-17)29-21(14-8-10-25-11-9-14)27-28-22(29)32-13-20(30)26-15-2-7-19(24)18(23)12-15/h2-12H,13H2,1H3,(H,26,30). The number of aromatic nitrogens is 4. The van der Waals surface area contributed by atoms with E-state index in [4.69, 9.17) is 16.3 Å². The monoisotopic (exact) mass is 469 g/mol. The summed E-state index contributed by atoms with van der Waals surface area (Å²) in [7, 11) is 1.60. The fourth-order valence-corrected chi connectivity index (χ4v) is 3.85. The van der Waals surface area contributed by atoms with Crippen molar-refractivity contribution < 1.29 is 13.9 Å². The third kappa shape index (κ3) is 4.90. The number of methoxy groups -OCH3 is 1. The van der Waals surface area contributed by atoms with Crippen molar-refractivity contribution in [2.24, 2.45) is 0 Å². The maximum absolute atomic E-state index is 13.3. The summed E-state index contributed by atoms with van der Waals surface area (Å²) >= 11 is 7.00. The molecule has 10 heteroatoms. The Bertz CT molecular complexity index is 1240. The molecular formula is C22H17ClFN5O2S. The van der Waals surface area contributed by atoms with Gasteiger partial charge in [-0.15, -0.1) is 10.2 Å². The number of carbonyl (C=O) groups excluding carboxylic acids is 1. The van der Waals surface area contributed by atoms with Crippen LogP contribution in [-0.2, 0) is 4.79 Å². The van der Waals surface area contributed by atoms with Crippen LogP contribution >= 0.6 is 23.4 Å². The summed E-state index contributed by atoms with van der Waals surface area (Å²) in [6.45, 7) is 0. The second kappa shape index (κ2) is 9.80. The summed E-state index contributed by atoms with van der Waals surface area (Å²) in [5, 5.41) is 11.8. The van der Waals surface area contributed by atoms with Gasteiger partial charge in [0, 0.05) is 29.3 Å². The summed E-state index contributed by atoms with van der Waals surface area (Å²) in [5.41, 5.74) is 2.06. The first-order valence-electron chi connectivity index (χ1n) is 9.43. The van der Waals surface area contributed by atoms with Gasteiger partial charge in [-0.05, 0) is 54.6 Å². The fourth-order valence-electron chi connectivity index (χ4n) is 2.92. The number of benzene rings is 2. The SMILES string of the molecule is COc1ccc(-n2c(SCC(=O)Nc3ccc(F)c(Cl)c3)nnc2-c2ccncc2)cc1. The van der Waals surface area contributed by atoms with Gasteiger partial charge in [-0.2, -0.15) is 0 Å². The average Bonchev–Trinajstić information content (AvgIpc) is 3.25. The fraction of sp³-hybridized carbons (Fsp3) is 0.0909. The molecule has 0 atom stereocenters. The van der Waals surface area contributed by atoms with E-state index in [0.717, 1.165) is 17.0 Å². The number of pyridine rings is 1. The number of ether oxygens (including phenoxy) is 1. The highest BCUT2D eigenvalue weighted by Crippen LogP contribution is 2.29. The molecule has 0 radical (unpaired) electrons. The summed E-state index contributed by atoms with van der Waals surface area (Å²) in [6, 6.07) is 15.1. The molecule has 0 saturated carbocycles. The number of anilines is 1. The van der Waals surface area contributed by atoms with Crippen molar-refractivity contribution in [3.05, 3.63) is 77.8 Å². The number of thioether (sulfide) groups is 1. The number of hydrogen-bond acceptors (Lipinski definition) is 6. The maximum atomic E-state index is 13.3. The zero-order valence-corrected chi connectivity index (χ0v) is 18.4. The summed E-state index contributed by atoms with van der Waals surface area (Å²) in [5.74, 6) is 0.576. The molecule has 4 rings (SSSR count). The largest absolute Gasteiger partial charge is 0.497 e. The van der Waals surface area contributed by atoms with Gasteiger partial charge < -0.3 is 10.1 Å². The Balaban J connectivity index is 1.58. The molecule has 0 spiro atoms. The van der Waals surface area contributed by atoms with E-state index in [0.29, 0.717) is 16.7 Å². The van der Waals surface area contributed by atoms with Gasteiger partial charge in [0.25, 0.3) is 0 Å². The van der Waals surface area contributed by atoms with E-state index in [-0.39, 0.29) is 16.7 Å².